The lowest BCUT2D eigenvalue weighted by atomic mass is 9.99. The van der Waals surface area contributed by atoms with E-state index in [0.717, 1.165) is 19.1 Å². The van der Waals surface area contributed by atoms with Crippen molar-refractivity contribution in [2.45, 2.75) is 38.2 Å². The molecule has 2 aliphatic rings. The molecule has 1 N–H and O–H groups in total. The van der Waals surface area contributed by atoms with E-state index in [1.807, 2.05) is 0 Å². The average Bonchev–Trinajstić information content (AvgIpc) is 2.79. The van der Waals surface area contributed by atoms with Crippen LogP contribution in [-0.4, -0.2) is 37.3 Å². The van der Waals surface area contributed by atoms with Gasteiger partial charge in [-0.1, -0.05) is 0 Å². The molecule has 3 heteroatoms. The third kappa shape index (κ3) is 4.33. The molecule has 2 nitrogen and oxygen atoms in total. The fourth-order valence-electron chi connectivity index (χ4n) is 2.41. The van der Waals surface area contributed by atoms with Gasteiger partial charge in [0.2, 0.25) is 0 Å². The molecule has 0 saturated carbocycles. The van der Waals surface area contributed by atoms with Gasteiger partial charge in [-0.05, 0) is 56.1 Å². The first-order valence-corrected chi connectivity index (χ1v) is 7.50. The van der Waals surface area contributed by atoms with Gasteiger partial charge in [0.1, 0.15) is 0 Å². The molecule has 0 amide bonds. The third-order valence-corrected chi connectivity index (χ3v) is 4.51. The van der Waals surface area contributed by atoms with Crippen LogP contribution >= 0.6 is 11.8 Å². The van der Waals surface area contributed by atoms with Gasteiger partial charge < -0.3 is 10.1 Å². The van der Waals surface area contributed by atoms with Gasteiger partial charge in [0.25, 0.3) is 0 Å². The van der Waals surface area contributed by atoms with E-state index >= 15 is 0 Å². The zero-order chi connectivity index (χ0) is 10.3. The van der Waals surface area contributed by atoms with Crippen LogP contribution in [0.15, 0.2) is 0 Å². The van der Waals surface area contributed by atoms with Crippen LogP contribution < -0.4 is 5.32 Å². The maximum atomic E-state index is 5.58. The van der Waals surface area contributed by atoms with Gasteiger partial charge in [-0.15, -0.1) is 0 Å². The summed E-state index contributed by atoms with van der Waals surface area (Å²) in [6, 6.07) is 0. The van der Waals surface area contributed by atoms with Crippen molar-refractivity contribution in [3.8, 4) is 0 Å². The Morgan fingerprint density at radius 2 is 2.07 bits per heavy atom. The Morgan fingerprint density at radius 1 is 1.20 bits per heavy atom. The Morgan fingerprint density at radius 3 is 2.80 bits per heavy atom. The summed E-state index contributed by atoms with van der Waals surface area (Å²) in [5.41, 5.74) is 0. The summed E-state index contributed by atoms with van der Waals surface area (Å²) in [6.45, 7) is 3.24. The predicted octanol–water partition coefficient (Wildman–Crippen LogP) is 2.29. The predicted molar refractivity (Wildman–Crippen MR) is 66.5 cm³/mol. The number of hydrogen-bond donors (Lipinski definition) is 1. The highest BCUT2D eigenvalue weighted by atomic mass is 32.2. The summed E-state index contributed by atoms with van der Waals surface area (Å²) >= 11 is 2.12. The van der Waals surface area contributed by atoms with E-state index in [4.69, 9.17) is 4.74 Å². The first-order chi connectivity index (χ1) is 7.45. The molecule has 0 aliphatic carbocycles. The number of nitrogens with one attached hydrogen (secondary N) is 1. The van der Waals surface area contributed by atoms with Crippen molar-refractivity contribution in [1.82, 2.24) is 5.32 Å². The zero-order valence-electron chi connectivity index (χ0n) is 9.54. The minimum atomic E-state index is 0.506. The van der Waals surface area contributed by atoms with Crippen molar-refractivity contribution in [2.75, 3.05) is 31.2 Å². The van der Waals surface area contributed by atoms with E-state index in [1.165, 1.54) is 50.2 Å². The molecule has 88 valence electrons. The second kappa shape index (κ2) is 6.77. The molecule has 2 saturated heterocycles. The van der Waals surface area contributed by atoms with Crippen LogP contribution in [0.2, 0.25) is 0 Å². The topological polar surface area (TPSA) is 21.3 Å². The summed E-state index contributed by atoms with van der Waals surface area (Å²) in [5.74, 6) is 3.76. The molecule has 0 aromatic rings. The van der Waals surface area contributed by atoms with E-state index in [0.29, 0.717) is 6.10 Å². The van der Waals surface area contributed by atoms with Crippen molar-refractivity contribution >= 4 is 11.8 Å². The molecule has 2 aliphatic heterocycles. The van der Waals surface area contributed by atoms with E-state index in [-0.39, 0.29) is 0 Å². The number of thioether (sulfide) groups is 1. The summed E-state index contributed by atoms with van der Waals surface area (Å²) in [4.78, 5) is 0. The molecule has 0 radical (unpaired) electrons. The van der Waals surface area contributed by atoms with Crippen molar-refractivity contribution < 1.29 is 4.74 Å². The number of rotatable bonds is 5. The average molecular weight is 229 g/mol. The van der Waals surface area contributed by atoms with Crippen LogP contribution in [0.5, 0.6) is 0 Å². The number of hydrogen-bond acceptors (Lipinski definition) is 3. The van der Waals surface area contributed by atoms with Gasteiger partial charge in [0.15, 0.2) is 0 Å². The minimum Gasteiger partial charge on any atom is -0.377 e. The van der Waals surface area contributed by atoms with Crippen molar-refractivity contribution in [3.63, 3.8) is 0 Å². The molecular formula is C12H23NOS. The van der Waals surface area contributed by atoms with Gasteiger partial charge in [-0.25, -0.2) is 0 Å². The quantitative estimate of drug-likeness (QED) is 0.731. The first-order valence-electron chi connectivity index (χ1n) is 6.35. The van der Waals surface area contributed by atoms with Gasteiger partial charge in [0.05, 0.1) is 6.10 Å². The Labute approximate surface area is 97.5 Å². The molecule has 2 rings (SSSR count). The Kier molecular flexibility index (Phi) is 5.30. The molecule has 2 heterocycles. The molecule has 15 heavy (non-hydrogen) atoms. The maximum Gasteiger partial charge on any atom is 0.0700 e. The SMILES string of the molecule is C1COC(CNCCC2CCSCC2)C1. The lowest BCUT2D eigenvalue weighted by Crippen LogP contribution is -2.28. The standard InChI is InChI=1S/C12H23NOS/c1-2-12(14-7-1)10-13-6-3-11-4-8-15-9-5-11/h11-13H,1-10H2. The van der Waals surface area contributed by atoms with Crippen LogP contribution in [0.4, 0.5) is 0 Å². The van der Waals surface area contributed by atoms with Crippen molar-refractivity contribution in [1.29, 1.82) is 0 Å². The second-order valence-electron chi connectivity index (χ2n) is 4.68. The normalized spacial score (nSPS) is 28.4. The van der Waals surface area contributed by atoms with E-state index in [9.17, 15) is 0 Å². The van der Waals surface area contributed by atoms with E-state index < -0.39 is 0 Å². The van der Waals surface area contributed by atoms with Crippen LogP contribution in [0.3, 0.4) is 0 Å². The third-order valence-electron chi connectivity index (χ3n) is 3.47. The van der Waals surface area contributed by atoms with Gasteiger partial charge in [-0.2, -0.15) is 11.8 Å². The molecule has 0 bridgehead atoms. The van der Waals surface area contributed by atoms with E-state index in [1.54, 1.807) is 0 Å². The van der Waals surface area contributed by atoms with Gasteiger partial charge >= 0.3 is 0 Å². The summed E-state index contributed by atoms with van der Waals surface area (Å²) in [6.07, 6.45) is 7.26. The second-order valence-corrected chi connectivity index (χ2v) is 5.91. The molecular weight excluding hydrogens is 206 g/mol. The molecule has 1 unspecified atom stereocenters. The molecule has 1 atom stereocenters. The summed E-state index contributed by atoms with van der Waals surface area (Å²) in [7, 11) is 0. The van der Waals surface area contributed by atoms with Crippen LogP contribution in [0.1, 0.15) is 32.1 Å². The highest BCUT2D eigenvalue weighted by molar-refractivity contribution is 7.99. The van der Waals surface area contributed by atoms with Crippen molar-refractivity contribution in [3.05, 3.63) is 0 Å². The largest absolute Gasteiger partial charge is 0.377 e. The minimum absolute atomic E-state index is 0.506. The highest BCUT2D eigenvalue weighted by Crippen LogP contribution is 2.24. The van der Waals surface area contributed by atoms with Crippen LogP contribution in [-0.2, 0) is 4.74 Å². The molecule has 2 fully saturated rings. The highest BCUT2D eigenvalue weighted by Gasteiger charge is 2.16. The smallest absolute Gasteiger partial charge is 0.0700 e. The first kappa shape index (κ1) is 11.7. The Hall–Kier alpha value is 0.270. The summed E-state index contributed by atoms with van der Waals surface area (Å²) < 4.78 is 5.58. The van der Waals surface area contributed by atoms with Crippen molar-refractivity contribution in [2.24, 2.45) is 5.92 Å². The monoisotopic (exact) mass is 229 g/mol. The van der Waals surface area contributed by atoms with Gasteiger partial charge in [0, 0.05) is 13.2 Å². The Bertz CT molecular complexity index is 165. The molecule has 0 spiro atoms. The van der Waals surface area contributed by atoms with Crippen LogP contribution in [0, 0.1) is 5.92 Å². The Balaban J connectivity index is 1.47. The lowest BCUT2D eigenvalue weighted by Gasteiger charge is -2.21. The maximum absolute atomic E-state index is 5.58. The van der Waals surface area contributed by atoms with E-state index in [2.05, 4.69) is 17.1 Å². The lowest BCUT2D eigenvalue weighted by molar-refractivity contribution is 0.110. The molecule has 0 aromatic carbocycles. The fraction of sp³-hybridized carbons (Fsp3) is 1.00. The molecule has 0 aromatic heterocycles. The van der Waals surface area contributed by atoms with Gasteiger partial charge in [-0.3, -0.25) is 0 Å². The van der Waals surface area contributed by atoms with Crippen LogP contribution in [0.25, 0.3) is 0 Å². The number of ether oxygens (including phenoxy) is 1. The fourth-order valence-corrected chi connectivity index (χ4v) is 3.61. The summed E-state index contributed by atoms with van der Waals surface area (Å²) in [5, 5.41) is 3.54. The zero-order valence-corrected chi connectivity index (χ0v) is 10.4.